The summed E-state index contributed by atoms with van der Waals surface area (Å²) in [6, 6.07) is 5.65. The van der Waals surface area contributed by atoms with Crippen LogP contribution in [0.4, 0.5) is 24.8 Å². The summed E-state index contributed by atoms with van der Waals surface area (Å²) >= 11 is 0.662. The van der Waals surface area contributed by atoms with Crippen molar-refractivity contribution in [2.24, 2.45) is 0 Å². The van der Waals surface area contributed by atoms with Crippen molar-refractivity contribution in [3.05, 3.63) is 46.5 Å². The molecule has 0 atom stereocenters. The van der Waals surface area contributed by atoms with E-state index in [1.165, 1.54) is 11.0 Å². The number of carbonyl (C=O) groups excluding carboxylic acids is 1. The van der Waals surface area contributed by atoms with Crippen molar-refractivity contribution in [1.29, 1.82) is 5.26 Å². The van der Waals surface area contributed by atoms with Gasteiger partial charge in [0, 0.05) is 18.4 Å². The first kappa shape index (κ1) is 26.5. The normalized spacial score (nSPS) is 18.9. The van der Waals surface area contributed by atoms with Crippen molar-refractivity contribution in [1.82, 2.24) is 14.9 Å². The van der Waals surface area contributed by atoms with Gasteiger partial charge in [0.15, 0.2) is 9.84 Å². The topological polar surface area (TPSA) is 135 Å². The molecule has 2 aliphatic heterocycles. The fourth-order valence-corrected chi connectivity index (χ4v) is 7.56. The zero-order valence-corrected chi connectivity index (χ0v) is 22.2. The molecule has 40 heavy (non-hydrogen) atoms. The number of halogens is 3. The standard InChI is InChI=1S/C25H20F3N5O5S2/c26-25(27,28)17-9-30-24(31-18-4-3-15(38-12-29)7-16(18)13-1-2-13)32-21(17)19-8-20-22(39-19)23(34)33(14-10-37-11-14)5-6-40(20,35)36/h3-4,7-9,13-14H,1-2,5-6,10-11H2,(H,30,31,32). The molecule has 3 aliphatic rings. The van der Waals surface area contributed by atoms with Gasteiger partial charge in [0.1, 0.15) is 16.2 Å². The van der Waals surface area contributed by atoms with E-state index >= 15 is 0 Å². The molecule has 2 fully saturated rings. The van der Waals surface area contributed by atoms with E-state index in [9.17, 15) is 26.4 Å². The van der Waals surface area contributed by atoms with E-state index in [0.29, 0.717) is 29.0 Å². The maximum atomic E-state index is 14.0. The van der Waals surface area contributed by atoms with E-state index in [2.05, 4.69) is 15.3 Å². The van der Waals surface area contributed by atoms with Gasteiger partial charge in [-0.3, -0.25) is 4.79 Å². The molecule has 0 bridgehead atoms. The quantitative estimate of drug-likeness (QED) is 0.416. The highest BCUT2D eigenvalue weighted by molar-refractivity contribution is 7.91. The molecule has 3 aromatic rings. The minimum Gasteiger partial charge on any atom is -0.388 e. The van der Waals surface area contributed by atoms with Crippen LogP contribution in [0.2, 0.25) is 0 Å². The number of fused-ring (bicyclic) bond motifs is 1. The summed E-state index contributed by atoms with van der Waals surface area (Å²) in [5.74, 6) is -0.541. The smallest absolute Gasteiger partial charge is 0.388 e. The summed E-state index contributed by atoms with van der Waals surface area (Å²) in [5, 5.41) is 11.8. The van der Waals surface area contributed by atoms with Gasteiger partial charge in [-0.1, -0.05) is 0 Å². The van der Waals surface area contributed by atoms with Crippen LogP contribution in [0.1, 0.15) is 39.6 Å². The number of rotatable bonds is 6. The molecule has 2 aromatic heterocycles. The van der Waals surface area contributed by atoms with Gasteiger partial charge in [-0.05, 0) is 48.6 Å². The lowest BCUT2D eigenvalue weighted by Crippen LogP contribution is -2.52. The Labute approximate surface area is 230 Å². The van der Waals surface area contributed by atoms with Crippen molar-refractivity contribution >= 4 is 38.7 Å². The average Bonchev–Trinajstić information content (AvgIpc) is 3.62. The molecule has 15 heteroatoms. The molecular weight excluding hydrogens is 571 g/mol. The second kappa shape index (κ2) is 9.72. The molecule has 1 aliphatic carbocycles. The number of benzene rings is 1. The summed E-state index contributed by atoms with van der Waals surface area (Å²) in [6.07, 6.45) is -0.804. The number of nitrogens with zero attached hydrogens (tertiary/aromatic N) is 4. The number of alkyl halides is 3. The molecule has 10 nitrogen and oxygen atoms in total. The van der Waals surface area contributed by atoms with Gasteiger partial charge in [-0.25, -0.2) is 18.4 Å². The summed E-state index contributed by atoms with van der Waals surface area (Å²) in [5.41, 5.74) is -0.361. The van der Waals surface area contributed by atoms with E-state index in [0.717, 1.165) is 24.5 Å². The van der Waals surface area contributed by atoms with Crippen LogP contribution in [-0.2, 0) is 20.8 Å². The van der Waals surface area contributed by atoms with Crippen molar-refractivity contribution in [3.63, 3.8) is 0 Å². The first-order valence-electron chi connectivity index (χ1n) is 12.2. The largest absolute Gasteiger partial charge is 0.420 e. The molecule has 1 aromatic carbocycles. The Morgan fingerprint density at radius 3 is 2.65 bits per heavy atom. The number of carbonyl (C=O) groups is 1. The third-order valence-corrected chi connectivity index (χ3v) is 9.90. The average molecular weight is 592 g/mol. The second-order valence-electron chi connectivity index (χ2n) is 9.61. The fourth-order valence-electron chi connectivity index (χ4n) is 4.64. The Morgan fingerprint density at radius 2 is 2.00 bits per heavy atom. The molecule has 1 saturated carbocycles. The molecule has 1 N–H and O–H groups in total. The number of sulfone groups is 1. The lowest BCUT2D eigenvalue weighted by molar-refractivity contribution is -0.137. The highest BCUT2D eigenvalue weighted by atomic mass is 32.2. The number of nitrogens with one attached hydrogen (secondary N) is 1. The van der Waals surface area contributed by atoms with Crippen LogP contribution in [-0.4, -0.2) is 60.7 Å². The van der Waals surface area contributed by atoms with Gasteiger partial charge < -0.3 is 19.7 Å². The lowest BCUT2D eigenvalue weighted by atomic mass is 10.1. The van der Waals surface area contributed by atoms with Crippen LogP contribution in [0.25, 0.3) is 10.6 Å². The zero-order chi connectivity index (χ0) is 28.2. The van der Waals surface area contributed by atoms with Gasteiger partial charge >= 0.3 is 6.18 Å². The van der Waals surface area contributed by atoms with E-state index in [4.69, 9.17) is 14.7 Å². The minimum absolute atomic E-state index is 0.0250. The molecular formula is C25H20F3N5O5S2. The summed E-state index contributed by atoms with van der Waals surface area (Å²) < 4.78 is 78.2. The van der Waals surface area contributed by atoms with Crippen LogP contribution in [0, 0.1) is 11.5 Å². The number of thiophene rings is 1. The molecule has 1 saturated heterocycles. The number of hydrogen-bond acceptors (Lipinski definition) is 10. The Balaban J connectivity index is 1.42. The summed E-state index contributed by atoms with van der Waals surface area (Å²) in [7, 11) is -3.94. The third-order valence-electron chi connectivity index (χ3n) is 6.93. The Hall–Kier alpha value is -3.74. The molecule has 4 heterocycles. The van der Waals surface area contributed by atoms with E-state index in [-0.39, 0.29) is 58.1 Å². The van der Waals surface area contributed by atoms with E-state index < -0.39 is 33.2 Å². The van der Waals surface area contributed by atoms with Gasteiger partial charge in [-0.15, -0.1) is 16.6 Å². The molecule has 0 radical (unpaired) electrons. The fraction of sp³-hybridized carbons (Fsp3) is 0.360. The van der Waals surface area contributed by atoms with Crippen LogP contribution in [0.3, 0.4) is 0 Å². The van der Waals surface area contributed by atoms with Crippen LogP contribution in [0.15, 0.2) is 35.4 Å². The maximum Gasteiger partial charge on any atom is 0.420 e. The zero-order valence-electron chi connectivity index (χ0n) is 20.6. The first-order valence-corrected chi connectivity index (χ1v) is 14.7. The molecule has 208 valence electrons. The number of ether oxygens (including phenoxy) is 2. The second-order valence-corrected chi connectivity index (χ2v) is 12.7. The summed E-state index contributed by atoms with van der Waals surface area (Å²) in [4.78, 5) is 22.2. The van der Waals surface area contributed by atoms with Gasteiger partial charge in [0.2, 0.25) is 5.95 Å². The van der Waals surface area contributed by atoms with E-state index in [1.807, 2.05) is 0 Å². The van der Waals surface area contributed by atoms with Crippen LogP contribution >= 0.6 is 11.3 Å². The SMILES string of the molecule is N#COc1ccc(Nc2ncc(C(F)(F)F)c(-c3cc4c(s3)C(=O)N(C3COC3)CCS4(=O)=O)n2)c(C2CC2)c1. The van der Waals surface area contributed by atoms with Crippen molar-refractivity contribution in [2.45, 2.75) is 35.9 Å². The number of hydrogen-bond donors (Lipinski definition) is 1. The van der Waals surface area contributed by atoms with Crippen molar-refractivity contribution < 1.29 is 35.9 Å². The summed E-state index contributed by atoms with van der Waals surface area (Å²) in [6.45, 7) is 0.513. The first-order chi connectivity index (χ1) is 19.0. The van der Waals surface area contributed by atoms with Gasteiger partial charge in [0.25, 0.3) is 12.2 Å². The Bertz CT molecular complexity index is 1660. The predicted molar refractivity (Wildman–Crippen MR) is 136 cm³/mol. The molecule has 6 rings (SSSR count). The van der Waals surface area contributed by atoms with Crippen LogP contribution in [0.5, 0.6) is 5.75 Å². The van der Waals surface area contributed by atoms with Gasteiger partial charge in [0.05, 0.1) is 40.5 Å². The number of amides is 1. The number of anilines is 2. The monoisotopic (exact) mass is 591 g/mol. The maximum absolute atomic E-state index is 14.0. The highest BCUT2D eigenvalue weighted by Crippen LogP contribution is 2.46. The third kappa shape index (κ3) is 4.87. The van der Waals surface area contributed by atoms with Gasteiger partial charge in [-0.2, -0.15) is 13.2 Å². The Morgan fingerprint density at radius 1 is 1.23 bits per heavy atom. The van der Waals surface area contributed by atoms with E-state index in [1.54, 1.807) is 18.4 Å². The van der Waals surface area contributed by atoms with Crippen molar-refractivity contribution in [3.8, 4) is 22.6 Å². The highest BCUT2D eigenvalue weighted by Gasteiger charge is 2.41. The number of aromatic nitrogens is 2. The molecule has 0 unspecified atom stereocenters. The van der Waals surface area contributed by atoms with Crippen molar-refractivity contribution in [2.75, 3.05) is 30.8 Å². The predicted octanol–water partition coefficient (Wildman–Crippen LogP) is 4.33. The van der Waals surface area contributed by atoms with Crippen LogP contribution < -0.4 is 10.1 Å². The molecule has 0 spiro atoms. The number of nitriles is 1. The Kier molecular flexibility index (Phi) is 6.43. The minimum atomic E-state index is -4.84. The lowest BCUT2D eigenvalue weighted by Gasteiger charge is -2.36. The molecule has 1 amide bonds.